The van der Waals surface area contributed by atoms with Gasteiger partial charge in [0.05, 0.1) is 0 Å². The number of hydrogen-bond donors (Lipinski definition) is 0. The Morgan fingerprint density at radius 3 is 1.76 bits per heavy atom. The molecule has 0 aromatic rings. The van der Waals surface area contributed by atoms with Gasteiger partial charge in [-0.1, -0.05) is 48.1 Å². The van der Waals surface area contributed by atoms with Crippen molar-refractivity contribution in [1.29, 1.82) is 0 Å². The van der Waals surface area contributed by atoms with Crippen molar-refractivity contribution in [2.45, 2.75) is 72.8 Å². The molecular formula is C15H28O2. The van der Waals surface area contributed by atoms with Gasteiger partial charge in [-0.15, -0.1) is 0 Å². The van der Waals surface area contributed by atoms with Crippen molar-refractivity contribution in [3.8, 4) is 0 Å². The average Bonchev–Trinajstić information content (AvgIpc) is 2.23. The molecule has 2 heteroatoms. The smallest absolute Gasteiger partial charge is 0.333 e. The minimum absolute atomic E-state index is 0.0728. The SMILES string of the molecule is C=C(CC(C)(C)C)C(=O)OC(CC)(CC)CC. The van der Waals surface area contributed by atoms with Crippen molar-refractivity contribution in [1.82, 2.24) is 0 Å². The molecule has 17 heavy (non-hydrogen) atoms. The fourth-order valence-corrected chi connectivity index (χ4v) is 1.95. The van der Waals surface area contributed by atoms with E-state index in [1.165, 1.54) is 0 Å². The van der Waals surface area contributed by atoms with E-state index in [1.807, 2.05) is 0 Å². The summed E-state index contributed by atoms with van der Waals surface area (Å²) in [7, 11) is 0. The van der Waals surface area contributed by atoms with Crippen LogP contribution in [0.15, 0.2) is 12.2 Å². The predicted octanol–water partition coefficient (Wildman–Crippen LogP) is 4.49. The van der Waals surface area contributed by atoms with Crippen LogP contribution < -0.4 is 0 Å². The van der Waals surface area contributed by atoms with Crippen molar-refractivity contribution in [3.05, 3.63) is 12.2 Å². The first-order valence-corrected chi connectivity index (χ1v) is 6.61. The molecule has 0 aromatic carbocycles. The minimum atomic E-state index is -0.308. The average molecular weight is 240 g/mol. The van der Waals surface area contributed by atoms with E-state index in [2.05, 4.69) is 48.1 Å². The summed E-state index contributed by atoms with van der Waals surface area (Å²) < 4.78 is 5.65. The van der Waals surface area contributed by atoms with Gasteiger partial charge in [0.15, 0.2) is 0 Å². The monoisotopic (exact) mass is 240 g/mol. The maximum Gasteiger partial charge on any atom is 0.333 e. The van der Waals surface area contributed by atoms with E-state index in [1.54, 1.807) is 0 Å². The summed E-state index contributed by atoms with van der Waals surface area (Å²) in [5.74, 6) is -0.231. The van der Waals surface area contributed by atoms with Gasteiger partial charge >= 0.3 is 5.97 Å². The molecule has 0 saturated heterocycles. The maximum atomic E-state index is 12.0. The van der Waals surface area contributed by atoms with Crippen LogP contribution in [0.3, 0.4) is 0 Å². The summed E-state index contributed by atoms with van der Waals surface area (Å²) in [6, 6.07) is 0. The van der Waals surface area contributed by atoms with Crippen LogP contribution in [0.25, 0.3) is 0 Å². The molecule has 0 aliphatic carbocycles. The number of ether oxygens (including phenoxy) is 1. The third-order valence-corrected chi connectivity index (χ3v) is 3.27. The normalized spacial score (nSPS) is 12.4. The number of hydrogen-bond acceptors (Lipinski definition) is 2. The van der Waals surface area contributed by atoms with Crippen molar-refractivity contribution in [3.63, 3.8) is 0 Å². The molecule has 0 radical (unpaired) electrons. The van der Waals surface area contributed by atoms with E-state index >= 15 is 0 Å². The number of esters is 1. The second kappa shape index (κ2) is 6.23. The summed E-state index contributed by atoms with van der Waals surface area (Å²) in [4.78, 5) is 12.0. The second-order valence-electron chi connectivity index (χ2n) is 5.97. The Morgan fingerprint density at radius 2 is 1.47 bits per heavy atom. The molecule has 0 atom stereocenters. The van der Waals surface area contributed by atoms with Crippen LogP contribution in [-0.2, 0) is 9.53 Å². The van der Waals surface area contributed by atoms with Crippen LogP contribution in [0.4, 0.5) is 0 Å². The fraction of sp³-hybridized carbons (Fsp3) is 0.800. The van der Waals surface area contributed by atoms with Gasteiger partial charge in [-0.2, -0.15) is 0 Å². The standard InChI is InChI=1S/C15H28O2/c1-8-15(9-2,10-3)17-13(16)12(4)11-14(5,6)7/h4,8-11H2,1-3,5-7H3. The lowest BCUT2D eigenvalue weighted by atomic mass is 9.88. The quantitative estimate of drug-likeness (QED) is 0.505. The molecule has 0 unspecified atom stereocenters. The lowest BCUT2D eigenvalue weighted by Gasteiger charge is -2.31. The summed E-state index contributed by atoms with van der Waals surface area (Å²) >= 11 is 0. The van der Waals surface area contributed by atoms with Crippen molar-refractivity contribution >= 4 is 5.97 Å². The first kappa shape index (κ1) is 16.2. The minimum Gasteiger partial charge on any atom is -0.456 e. The highest BCUT2D eigenvalue weighted by molar-refractivity contribution is 5.88. The lowest BCUT2D eigenvalue weighted by Crippen LogP contribution is -2.34. The van der Waals surface area contributed by atoms with Gasteiger partial charge in [0.25, 0.3) is 0 Å². The van der Waals surface area contributed by atoms with Crippen LogP contribution in [0, 0.1) is 5.41 Å². The predicted molar refractivity (Wildman–Crippen MR) is 72.9 cm³/mol. The Balaban J connectivity index is 4.58. The molecule has 0 heterocycles. The summed E-state index contributed by atoms with van der Waals surface area (Å²) in [5, 5.41) is 0. The third-order valence-electron chi connectivity index (χ3n) is 3.27. The van der Waals surface area contributed by atoms with E-state index < -0.39 is 0 Å². The topological polar surface area (TPSA) is 26.3 Å². The summed E-state index contributed by atoms with van der Waals surface area (Å²) in [6.45, 7) is 16.3. The van der Waals surface area contributed by atoms with E-state index in [4.69, 9.17) is 4.74 Å². The first-order chi connectivity index (χ1) is 7.69. The van der Waals surface area contributed by atoms with Crippen molar-refractivity contribution in [2.24, 2.45) is 5.41 Å². The van der Waals surface area contributed by atoms with Gasteiger partial charge in [-0.3, -0.25) is 0 Å². The zero-order valence-corrected chi connectivity index (χ0v) is 12.4. The molecule has 0 rings (SSSR count). The Kier molecular flexibility index (Phi) is 5.94. The zero-order valence-electron chi connectivity index (χ0n) is 12.4. The molecule has 0 aromatic heterocycles. The molecular weight excluding hydrogens is 212 g/mol. The zero-order chi connectivity index (χ0) is 13.7. The van der Waals surface area contributed by atoms with E-state index in [0.29, 0.717) is 12.0 Å². The molecule has 0 spiro atoms. The first-order valence-electron chi connectivity index (χ1n) is 6.61. The Hall–Kier alpha value is -0.790. The third kappa shape index (κ3) is 5.38. The highest BCUT2D eigenvalue weighted by atomic mass is 16.6. The molecule has 0 bridgehead atoms. The van der Waals surface area contributed by atoms with Crippen LogP contribution in [0.5, 0.6) is 0 Å². The van der Waals surface area contributed by atoms with E-state index in [-0.39, 0.29) is 17.0 Å². The van der Waals surface area contributed by atoms with Crippen LogP contribution in [0.2, 0.25) is 0 Å². The van der Waals surface area contributed by atoms with Gasteiger partial charge in [-0.25, -0.2) is 4.79 Å². The molecule has 0 fully saturated rings. The maximum absolute atomic E-state index is 12.0. The number of carbonyl (C=O) groups is 1. The lowest BCUT2D eigenvalue weighted by molar-refractivity contribution is -0.156. The molecule has 0 N–H and O–H groups in total. The van der Waals surface area contributed by atoms with Crippen LogP contribution >= 0.6 is 0 Å². The van der Waals surface area contributed by atoms with Gasteiger partial charge in [0.2, 0.25) is 0 Å². The molecule has 0 aliphatic heterocycles. The molecule has 100 valence electrons. The molecule has 0 aliphatic rings. The van der Waals surface area contributed by atoms with Crippen molar-refractivity contribution in [2.75, 3.05) is 0 Å². The highest BCUT2D eigenvalue weighted by Crippen LogP contribution is 2.28. The highest BCUT2D eigenvalue weighted by Gasteiger charge is 2.30. The Labute approximate surface area is 106 Å². The summed E-state index contributed by atoms with van der Waals surface area (Å²) in [5.41, 5.74) is 0.346. The number of carbonyl (C=O) groups excluding carboxylic acids is 1. The summed E-state index contributed by atoms with van der Waals surface area (Å²) in [6.07, 6.45) is 3.25. The van der Waals surface area contributed by atoms with Crippen molar-refractivity contribution < 1.29 is 9.53 Å². The Morgan fingerprint density at radius 1 is 1.06 bits per heavy atom. The van der Waals surface area contributed by atoms with Gasteiger partial charge in [0.1, 0.15) is 5.60 Å². The largest absolute Gasteiger partial charge is 0.456 e. The van der Waals surface area contributed by atoms with E-state index in [0.717, 1.165) is 19.3 Å². The molecule has 2 nitrogen and oxygen atoms in total. The van der Waals surface area contributed by atoms with E-state index in [9.17, 15) is 4.79 Å². The second-order valence-corrected chi connectivity index (χ2v) is 5.97. The number of rotatable bonds is 6. The van der Waals surface area contributed by atoms with Crippen LogP contribution in [-0.4, -0.2) is 11.6 Å². The van der Waals surface area contributed by atoms with Gasteiger partial charge in [0, 0.05) is 5.57 Å². The fourth-order valence-electron chi connectivity index (χ4n) is 1.95. The molecule has 0 amide bonds. The van der Waals surface area contributed by atoms with Gasteiger partial charge in [-0.05, 0) is 31.1 Å². The van der Waals surface area contributed by atoms with Gasteiger partial charge < -0.3 is 4.74 Å². The molecule has 0 saturated carbocycles. The Bertz CT molecular complexity index is 259. The van der Waals surface area contributed by atoms with Crippen LogP contribution in [0.1, 0.15) is 67.2 Å².